The van der Waals surface area contributed by atoms with Gasteiger partial charge in [0.15, 0.2) is 11.7 Å². The molecule has 0 bridgehead atoms. The lowest BCUT2D eigenvalue weighted by atomic mass is 9.99. The molecule has 9 heteroatoms. The number of hydrogen-bond donors (Lipinski definition) is 2. The number of nitrogens with zero attached hydrogens (tertiary/aromatic N) is 3. The Bertz CT molecular complexity index is 526. The van der Waals surface area contributed by atoms with Crippen LogP contribution in [0.2, 0.25) is 0 Å². The molecular formula is C16H28F3N5O. The van der Waals surface area contributed by atoms with Crippen molar-refractivity contribution in [2.24, 2.45) is 4.99 Å². The Morgan fingerprint density at radius 1 is 1.32 bits per heavy atom. The van der Waals surface area contributed by atoms with Crippen LogP contribution in [-0.4, -0.2) is 55.9 Å². The number of likely N-dealkylation sites (N-methyl/N-ethyl adjacent to an activating group) is 1. The Hall–Kier alpha value is -1.77. The lowest BCUT2D eigenvalue weighted by Gasteiger charge is -2.19. The Labute approximate surface area is 146 Å². The normalized spacial score (nSPS) is 12.9. The molecule has 0 unspecified atom stereocenters. The van der Waals surface area contributed by atoms with Crippen LogP contribution in [0.3, 0.4) is 0 Å². The van der Waals surface area contributed by atoms with E-state index in [1.165, 1.54) is 11.9 Å². The summed E-state index contributed by atoms with van der Waals surface area (Å²) in [7, 11) is 3.03. The molecule has 0 saturated carbocycles. The average Bonchev–Trinajstić information content (AvgIpc) is 2.99. The summed E-state index contributed by atoms with van der Waals surface area (Å²) in [6, 6.07) is 1.93. The van der Waals surface area contributed by atoms with Gasteiger partial charge in [-0.2, -0.15) is 13.2 Å². The van der Waals surface area contributed by atoms with E-state index in [4.69, 9.17) is 4.52 Å². The van der Waals surface area contributed by atoms with Crippen molar-refractivity contribution in [1.82, 2.24) is 20.7 Å². The molecule has 0 aliphatic rings. The standard InChI is InChI=1S/C16H28F3N5O/c1-5-12(6-2)14-9-13(25-23-14)10-22-15(20-3)21-7-8-24(4)11-16(17,18)19/h9,12H,5-8,10-11H2,1-4H3,(H2,20,21,22). The highest BCUT2D eigenvalue weighted by Gasteiger charge is 2.28. The Balaban J connectivity index is 2.37. The van der Waals surface area contributed by atoms with Crippen LogP contribution in [-0.2, 0) is 6.54 Å². The van der Waals surface area contributed by atoms with Crippen LogP contribution >= 0.6 is 0 Å². The number of aromatic nitrogens is 1. The van der Waals surface area contributed by atoms with Crippen molar-refractivity contribution < 1.29 is 17.7 Å². The quantitative estimate of drug-likeness (QED) is 0.522. The van der Waals surface area contributed by atoms with Crippen molar-refractivity contribution in [3.63, 3.8) is 0 Å². The molecule has 0 amide bonds. The van der Waals surface area contributed by atoms with Crippen LogP contribution in [0.5, 0.6) is 0 Å². The lowest BCUT2D eigenvalue weighted by molar-refractivity contribution is -0.142. The minimum Gasteiger partial charge on any atom is -0.359 e. The van der Waals surface area contributed by atoms with Gasteiger partial charge >= 0.3 is 6.18 Å². The molecule has 0 aliphatic heterocycles. The van der Waals surface area contributed by atoms with Crippen molar-refractivity contribution >= 4 is 5.96 Å². The van der Waals surface area contributed by atoms with Gasteiger partial charge in [0.05, 0.1) is 18.8 Å². The molecule has 0 saturated heterocycles. The minimum atomic E-state index is -4.19. The van der Waals surface area contributed by atoms with E-state index >= 15 is 0 Å². The van der Waals surface area contributed by atoms with Crippen LogP contribution in [0, 0.1) is 0 Å². The zero-order chi connectivity index (χ0) is 18.9. The van der Waals surface area contributed by atoms with Crippen LogP contribution < -0.4 is 10.6 Å². The second-order valence-corrected chi connectivity index (χ2v) is 5.94. The minimum absolute atomic E-state index is 0.251. The molecule has 0 radical (unpaired) electrons. The summed E-state index contributed by atoms with van der Waals surface area (Å²) in [6.07, 6.45) is -2.18. The van der Waals surface area contributed by atoms with E-state index in [2.05, 4.69) is 34.6 Å². The predicted octanol–water partition coefficient (Wildman–Crippen LogP) is 2.74. The Morgan fingerprint density at radius 2 is 2.00 bits per heavy atom. The second-order valence-electron chi connectivity index (χ2n) is 5.94. The molecule has 0 spiro atoms. The fourth-order valence-electron chi connectivity index (χ4n) is 2.45. The predicted molar refractivity (Wildman–Crippen MR) is 91.6 cm³/mol. The van der Waals surface area contributed by atoms with E-state index in [9.17, 15) is 13.2 Å². The topological polar surface area (TPSA) is 65.7 Å². The monoisotopic (exact) mass is 363 g/mol. The SMILES string of the molecule is CCC(CC)c1cc(CNC(=NC)NCCN(C)CC(F)(F)F)on1. The fourth-order valence-corrected chi connectivity index (χ4v) is 2.45. The van der Waals surface area contributed by atoms with Gasteiger partial charge in [-0.05, 0) is 19.9 Å². The molecule has 6 nitrogen and oxygen atoms in total. The number of guanidine groups is 1. The summed E-state index contributed by atoms with van der Waals surface area (Å²) in [5.74, 6) is 1.58. The smallest absolute Gasteiger partial charge is 0.359 e. The molecule has 2 N–H and O–H groups in total. The van der Waals surface area contributed by atoms with E-state index in [-0.39, 0.29) is 6.54 Å². The van der Waals surface area contributed by atoms with Crippen LogP contribution in [0.15, 0.2) is 15.6 Å². The number of aliphatic imine (C=N–C) groups is 1. The third-order valence-corrected chi connectivity index (χ3v) is 3.87. The number of alkyl halides is 3. The largest absolute Gasteiger partial charge is 0.401 e. The van der Waals surface area contributed by atoms with E-state index in [1.807, 2.05) is 6.07 Å². The van der Waals surface area contributed by atoms with Crippen molar-refractivity contribution in [2.45, 2.75) is 45.3 Å². The molecule has 25 heavy (non-hydrogen) atoms. The van der Waals surface area contributed by atoms with Gasteiger partial charge < -0.3 is 15.2 Å². The zero-order valence-corrected chi connectivity index (χ0v) is 15.3. The summed E-state index contributed by atoms with van der Waals surface area (Å²) in [5, 5.41) is 10.1. The summed E-state index contributed by atoms with van der Waals surface area (Å²) >= 11 is 0. The van der Waals surface area contributed by atoms with E-state index < -0.39 is 12.7 Å². The number of halogens is 3. The van der Waals surface area contributed by atoms with Gasteiger partial charge in [-0.1, -0.05) is 19.0 Å². The summed E-state index contributed by atoms with van der Waals surface area (Å²) in [5.41, 5.74) is 0.943. The van der Waals surface area contributed by atoms with Gasteiger partial charge in [0.25, 0.3) is 0 Å². The molecule has 1 rings (SSSR count). The average molecular weight is 363 g/mol. The molecule has 0 atom stereocenters. The lowest BCUT2D eigenvalue weighted by Crippen LogP contribution is -2.42. The second kappa shape index (κ2) is 10.3. The molecule has 1 heterocycles. The van der Waals surface area contributed by atoms with E-state index in [0.29, 0.717) is 30.7 Å². The van der Waals surface area contributed by atoms with Gasteiger partial charge in [-0.3, -0.25) is 9.89 Å². The Morgan fingerprint density at radius 3 is 2.56 bits per heavy atom. The summed E-state index contributed by atoms with van der Waals surface area (Å²) < 4.78 is 42.1. The summed E-state index contributed by atoms with van der Waals surface area (Å²) in [4.78, 5) is 5.25. The summed E-state index contributed by atoms with van der Waals surface area (Å²) in [6.45, 7) is 4.30. The molecule has 0 aliphatic carbocycles. The van der Waals surface area contributed by atoms with Crippen molar-refractivity contribution in [3.05, 3.63) is 17.5 Å². The molecular weight excluding hydrogens is 335 g/mol. The van der Waals surface area contributed by atoms with Gasteiger partial charge in [0.1, 0.15) is 0 Å². The highest BCUT2D eigenvalue weighted by atomic mass is 19.4. The zero-order valence-electron chi connectivity index (χ0n) is 15.3. The maximum Gasteiger partial charge on any atom is 0.401 e. The first-order chi connectivity index (χ1) is 11.8. The van der Waals surface area contributed by atoms with Crippen LogP contribution in [0.4, 0.5) is 13.2 Å². The van der Waals surface area contributed by atoms with E-state index in [1.54, 1.807) is 7.05 Å². The highest BCUT2D eigenvalue weighted by Crippen LogP contribution is 2.22. The van der Waals surface area contributed by atoms with Gasteiger partial charge in [-0.25, -0.2) is 0 Å². The maximum absolute atomic E-state index is 12.3. The van der Waals surface area contributed by atoms with Crippen LogP contribution in [0.25, 0.3) is 0 Å². The number of rotatable bonds is 9. The number of nitrogens with one attached hydrogen (secondary N) is 2. The van der Waals surface area contributed by atoms with Gasteiger partial charge in [-0.15, -0.1) is 0 Å². The van der Waals surface area contributed by atoms with Gasteiger partial charge in [0.2, 0.25) is 0 Å². The fraction of sp³-hybridized carbons (Fsp3) is 0.750. The maximum atomic E-state index is 12.3. The molecule has 1 aromatic heterocycles. The van der Waals surface area contributed by atoms with Crippen LogP contribution in [0.1, 0.15) is 44.1 Å². The third kappa shape index (κ3) is 8.24. The number of hydrogen-bond acceptors (Lipinski definition) is 4. The third-order valence-electron chi connectivity index (χ3n) is 3.87. The van der Waals surface area contributed by atoms with Crippen molar-refractivity contribution in [3.8, 4) is 0 Å². The first kappa shape index (κ1) is 21.3. The van der Waals surface area contributed by atoms with E-state index in [0.717, 1.165) is 18.5 Å². The first-order valence-electron chi connectivity index (χ1n) is 8.44. The molecule has 0 fully saturated rings. The molecule has 144 valence electrons. The Kier molecular flexibility index (Phi) is 8.74. The van der Waals surface area contributed by atoms with Crippen molar-refractivity contribution in [1.29, 1.82) is 0 Å². The first-order valence-corrected chi connectivity index (χ1v) is 8.44. The van der Waals surface area contributed by atoms with Gasteiger partial charge in [0, 0.05) is 32.1 Å². The highest BCUT2D eigenvalue weighted by molar-refractivity contribution is 5.79. The van der Waals surface area contributed by atoms with Crippen molar-refractivity contribution in [2.75, 3.05) is 33.7 Å². The molecule has 1 aromatic rings. The molecule has 0 aromatic carbocycles.